The van der Waals surface area contributed by atoms with E-state index in [0.717, 1.165) is 0 Å². The van der Waals surface area contributed by atoms with Crippen molar-refractivity contribution in [3.63, 3.8) is 0 Å². The van der Waals surface area contributed by atoms with Crippen molar-refractivity contribution in [1.29, 1.82) is 0 Å². The summed E-state index contributed by atoms with van der Waals surface area (Å²) in [6.45, 7) is 5.75. The van der Waals surface area contributed by atoms with Crippen molar-refractivity contribution in [2.75, 3.05) is 13.2 Å². The molecule has 4 heteroatoms. The molecule has 4 nitrogen and oxygen atoms in total. The lowest BCUT2D eigenvalue weighted by molar-refractivity contribution is -0.163. The highest BCUT2D eigenvalue weighted by molar-refractivity contribution is 4.83. The van der Waals surface area contributed by atoms with Crippen molar-refractivity contribution >= 4 is 0 Å². The van der Waals surface area contributed by atoms with Gasteiger partial charge < -0.3 is 20.1 Å². The van der Waals surface area contributed by atoms with Crippen molar-refractivity contribution < 1.29 is 20.1 Å². The summed E-state index contributed by atoms with van der Waals surface area (Å²) < 4.78 is 5.06. The van der Waals surface area contributed by atoms with Gasteiger partial charge >= 0.3 is 0 Å². The third kappa shape index (κ3) is 3.23. The molecule has 0 aromatic carbocycles. The van der Waals surface area contributed by atoms with E-state index in [1.54, 1.807) is 6.92 Å². The zero-order valence-corrected chi connectivity index (χ0v) is 8.47. The molecule has 1 saturated heterocycles. The van der Waals surface area contributed by atoms with Gasteiger partial charge in [-0.15, -0.1) is 0 Å². The van der Waals surface area contributed by atoms with Crippen LogP contribution in [0.2, 0.25) is 0 Å². The van der Waals surface area contributed by atoms with Crippen LogP contribution in [0.15, 0.2) is 0 Å². The molecule has 80 valence electrons. The summed E-state index contributed by atoms with van der Waals surface area (Å²) in [5, 5.41) is 27.2. The third-order valence-corrected chi connectivity index (χ3v) is 2.18. The molecule has 1 aliphatic rings. The molecule has 1 heterocycles. The average Bonchev–Trinajstić information content (AvgIpc) is 2.18. The van der Waals surface area contributed by atoms with Crippen LogP contribution in [0, 0.1) is 5.92 Å². The van der Waals surface area contributed by atoms with Crippen LogP contribution in [0.25, 0.3) is 0 Å². The maximum Gasteiger partial charge on any atom is 0.104 e. The maximum atomic E-state index is 9.31. The fraction of sp³-hybridized carbons (Fsp3) is 1.00. The van der Waals surface area contributed by atoms with E-state index in [1.807, 2.05) is 13.8 Å². The van der Waals surface area contributed by atoms with Crippen LogP contribution >= 0.6 is 0 Å². The van der Waals surface area contributed by atoms with Gasteiger partial charge in [0.05, 0.1) is 25.4 Å². The van der Waals surface area contributed by atoms with Crippen molar-refractivity contribution in [3.05, 3.63) is 0 Å². The van der Waals surface area contributed by atoms with Gasteiger partial charge in [-0.05, 0) is 0 Å². The predicted molar refractivity (Wildman–Crippen MR) is 49.4 cm³/mol. The van der Waals surface area contributed by atoms with Crippen molar-refractivity contribution in [1.82, 2.24) is 0 Å². The van der Waals surface area contributed by atoms with Gasteiger partial charge in [0, 0.05) is 5.92 Å². The quantitative estimate of drug-likeness (QED) is 0.536. The predicted octanol–water partition coefficient (Wildman–Crippen LogP) is -0.238. The molecule has 0 spiro atoms. The lowest BCUT2D eigenvalue weighted by Crippen LogP contribution is -2.49. The Kier molecular flexibility index (Phi) is 6.24. The molecule has 13 heavy (non-hydrogen) atoms. The smallest absolute Gasteiger partial charge is 0.104 e. The Morgan fingerprint density at radius 2 is 1.85 bits per heavy atom. The molecule has 1 fully saturated rings. The molecule has 0 saturated carbocycles. The van der Waals surface area contributed by atoms with E-state index in [-0.39, 0.29) is 25.2 Å². The molecule has 0 amide bonds. The Balaban J connectivity index is 0.000000671. The second kappa shape index (κ2) is 6.32. The lowest BCUT2D eigenvalue weighted by atomic mass is 9.92. The highest BCUT2D eigenvalue weighted by atomic mass is 16.5. The fourth-order valence-corrected chi connectivity index (χ4v) is 1.26. The molecule has 3 N–H and O–H groups in total. The zero-order valence-electron chi connectivity index (χ0n) is 8.47. The Hall–Kier alpha value is -0.160. The van der Waals surface area contributed by atoms with Gasteiger partial charge in [0.1, 0.15) is 6.10 Å². The van der Waals surface area contributed by atoms with Gasteiger partial charge in [0.25, 0.3) is 0 Å². The summed E-state index contributed by atoms with van der Waals surface area (Å²) in [6, 6.07) is 0. The molecule has 0 bridgehead atoms. The first-order valence-corrected chi connectivity index (χ1v) is 4.75. The van der Waals surface area contributed by atoms with Gasteiger partial charge in [-0.1, -0.05) is 20.8 Å². The molecule has 0 aromatic heterocycles. The summed E-state index contributed by atoms with van der Waals surface area (Å²) in [6.07, 6.45) is -1.93. The van der Waals surface area contributed by atoms with Crippen LogP contribution in [0.5, 0.6) is 0 Å². The van der Waals surface area contributed by atoms with Gasteiger partial charge in [-0.25, -0.2) is 0 Å². The van der Waals surface area contributed by atoms with E-state index in [9.17, 15) is 5.11 Å². The second-order valence-electron chi connectivity index (χ2n) is 2.97. The summed E-state index contributed by atoms with van der Waals surface area (Å²) in [4.78, 5) is 0. The van der Waals surface area contributed by atoms with Crippen LogP contribution in [0.3, 0.4) is 0 Å². The van der Waals surface area contributed by atoms with Gasteiger partial charge in [0.2, 0.25) is 0 Å². The second-order valence-corrected chi connectivity index (χ2v) is 2.97. The third-order valence-electron chi connectivity index (χ3n) is 2.18. The van der Waals surface area contributed by atoms with Crippen LogP contribution in [-0.2, 0) is 4.74 Å². The molecule has 0 aromatic rings. The first-order valence-electron chi connectivity index (χ1n) is 4.75. The minimum atomic E-state index is -0.812. The average molecular weight is 192 g/mol. The van der Waals surface area contributed by atoms with Gasteiger partial charge in [-0.3, -0.25) is 0 Å². The number of ether oxygens (including phenoxy) is 1. The molecule has 0 radical (unpaired) electrons. The number of hydrogen-bond donors (Lipinski definition) is 3. The van der Waals surface area contributed by atoms with E-state index in [2.05, 4.69) is 0 Å². The number of hydrogen-bond acceptors (Lipinski definition) is 4. The van der Waals surface area contributed by atoms with Crippen LogP contribution in [-0.4, -0.2) is 46.8 Å². The van der Waals surface area contributed by atoms with E-state index < -0.39 is 12.2 Å². The number of aliphatic hydroxyl groups is 3. The number of rotatable bonds is 1. The summed E-state index contributed by atoms with van der Waals surface area (Å²) in [7, 11) is 0. The molecular formula is C9H20O4. The van der Waals surface area contributed by atoms with Crippen molar-refractivity contribution in [3.8, 4) is 0 Å². The van der Waals surface area contributed by atoms with E-state index in [1.165, 1.54) is 0 Å². The molecular weight excluding hydrogens is 172 g/mol. The largest absolute Gasteiger partial charge is 0.394 e. The first-order chi connectivity index (χ1) is 6.16. The van der Waals surface area contributed by atoms with Crippen LogP contribution in [0.4, 0.5) is 0 Å². The topological polar surface area (TPSA) is 69.9 Å². The SMILES string of the molecule is CC.CC1C(CO)OCC(O)C1O. The normalized spacial score (nSPS) is 39.2. The molecule has 4 unspecified atom stereocenters. The Morgan fingerprint density at radius 3 is 2.31 bits per heavy atom. The van der Waals surface area contributed by atoms with Crippen LogP contribution in [0.1, 0.15) is 20.8 Å². The van der Waals surface area contributed by atoms with Crippen LogP contribution < -0.4 is 0 Å². The highest BCUT2D eigenvalue weighted by Crippen LogP contribution is 2.20. The lowest BCUT2D eigenvalue weighted by Gasteiger charge is -2.35. The minimum Gasteiger partial charge on any atom is -0.394 e. The molecule has 1 rings (SSSR count). The summed E-state index contributed by atoms with van der Waals surface area (Å²) in [5.41, 5.74) is 0. The van der Waals surface area contributed by atoms with Gasteiger partial charge in [0.15, 0.2) is 0 Å². The minimum absolute atomic E-state index is 0.106. The number of aliphatic hydroxyl groups excluding tert-OH is 3. The van der Waals surface area contributed by atoms with Crippen molar-refractivity contribution in [2.24, 2.45) is 5.92 Å². The first kappa shape index (κ1) is 12.8. The van der Waals surface area contributed by atoms with Gasteiger partial charge in [-0.2, -0.15) is 0 Å². The Bertz CT molecular complexity index is 127. The molecule has 0 aliphatic carbocycles. The molecule has 1 aliphatic heterocycles. The van der Waals surface area contributed by atoms with Crippen molar-refractivity contribution in [2.45, 2.75) is 39.1 Å². The zero-order chi connectivity index (χ0) is 10.4. The summed E-state index contributed by atoms with van der Waals surface area (Å²) in [5.74, 6) is -0.205. The van der Waals surface area contributed by atoms with E-state index in [0.29, 0.717) is 0 Å². The maximum absolute atomic E-state index is 9.31. The van der Waals surface area contributed by atoms with E-state index in [4.69, 9.17) is 14.9 Å². The molecule has 4 atom stereocenters. The van der Waals surface area contributed by atoms with E-state index >= 15 is 0 Å². The summed E-state index contributed by atoms with van der Waals surface area (Å²) >= 11 is 0. The standard InChI is InChI=1S/C7H14O4.C2H6/c1-4-6(2-8)11-3-5(9)7(4)10;1-2/h4-10H,2-3H2,1H3;1-2H3. The Morgan fingerprint density at radius 1 is 1.31 bits per heavy atom. The Labute approximate surface area is 79.2 Å². The monoisotopic (exact) mass is 192 g/mol. The fourth-order valence-electron chi connectivity index (χ4n) is 1.26. The highest BCUT2D eigenvalue weighted by Gasteiger charge is 2.34.